The van der Waals surface area contributed by atoms with E-state index in [9.17, 15) is 19.5 Å². The van der Waals surface area contributed by atoms with Crippen molar-refractivity contribution in [2.45, 2.75) is 85.4 Å². The van der Waals surface area contributed by atoms with Crippen molar-refractivity contribution in [2.75, 3.05) is 6.54 Å². The van der Waals surface area contributed by atoms with Gasteiger partial charge in [-0.3, -0.25) is 9.59 Å². The molecular weight excluding hydrogens is 470 g/mol. The highest BCUT2D eigenvalue weighted by atomic mass is 16.6. The van der Waals surface area contributed by atoms with Gasteiger partial charge in [-0.15, -0.1) is 0 Å². The topological polar surface area (TPSA) is 117 Å². The van der Waals surface area contributed by atoms with E-state index in [0.29, 0.717) is 12.1 Å². The van der Waals surface area contributed by atoms with Crippen LogP contribution < -0.4 is 16.0 Å². The maximum Gasteiger partial charge on any atom is 0.408 e. The number of ether oxygens (including phenoxy) is 1. The highest BCUT2D eigenvalue weighted by molar-refractivity contribution is 5.91. The Morgan fingerprint density at radius 2 is 1.62 bits per heavy atom. The number of aromatic hydroxyl groups is 1. The van der Waals surface area contributed by atoms with Crippen LogP contribution in [0.5, 0.6) is 5.75 Å². The Bertz CT molecular complexity index is 1090. The molecule has 0 aliphatic heterocycles. The summed E-state index contributed by atoms with van der Waals surface area (Å²) in [6.45, 7) is 12.8. The Balaban J connectivity index is 2.06. The lowest BCUT2D eigenvalue weighted by atomic mass is 9.92. The zero-order valence-electron chi connectivity index (χ0n) is 23.0. The van der Waals surface area contributed by atoms with Crippen LogP contribution in [0.2, 0.25) is 0 Å². The number of hydrogen-bond acceptors (Lipinski definition) is 5. The minimum absolute atomic E-state index is 0.176. The minimum atomic E-state index is -0.982. The molecule has 8 nitrogen and oxygen atoms in total. The first-order valence-electron chi connectivity index (χ1n) is 12.7. The summed E-state index contributed by atoms with van der Waals surface area (Å²) in [5.41, 5.74) is 3.65. The molecule has 3 amide bonds. The van der Waals surface area contributed by atoms with Crippen LogP contribution in [0.1, 0.15) is 61.9 Å². The SMILES string of the molecule is Cc1cc(O)c(C)c(C)c1CC(NC(=O)OC(C)(C)C)C(=O)N[C@H](C)C(=O)NCCCc1ccccc1. The number of amides is 3. The fraction of sp³-hybridized carbons (Fsp3) is 0.483. The summed E-state index contributed by atoms with van der Waals surface area (Å²) in [6, 6.07) is 9.88. The third kappa shape index (κ3) is 9.44. The van der Waals surface area contributed by atoms with E-state index < -0.39 is 29.7 Å². The van der Waals surface area contributed by atoms with E-state index in [2.05, 4.69) is 16.0 Å². The van der Waals surface area contributed by atoms with Gasteiger partial charge >= 0.3 is 6.09 Å². The third-order valence-electron chi connectivity index (χ3n) is 6.18. The molecule has 1 unspecified atom stereocenters. The van der Waals surface area contributed by atoms with E-state index in [1.54, 1.807) is 40.7 Å². The number of aryl methyl sites for hydroxylation is 2. The Kier molecular flexibility index (Phi) is 10.5. The Labute approximate surface area is 220 Å². The lowest BCUT2D eigenvalue weighted by molar-refractivity contribution is -0.129. The summed E-state index contributed by atoms with van der Waals surface area (Å²) in [7, 11) is 0. The van der Waals surface area contributed by atoms with Crippen LogP contribution in [0, 0.1) is 20.8 Å². The molecule has 0 radical (unpaired) electrons. The molecule has 37 heavy (non-hydrogen) atoms. The highest BCUT2D eigenvalue weighted by Gasteiger charge is 2.28. The molecule has 0 bridgehead atoms. The van der Waals surface area contributed by atoms with Gasteiger partial charge in [0.25, 0.3) is 0 Å². The molecule has 0 spiro atoms. The lowest BCUT2D eigenvalue weighted by Crippen LogP contribution is -2.54. The zero-order chi connectivity index (χ0) is 27.8. The van der Waals surface area contributed by atoms with Gasteiger partial charge in [-0.2, -0.15) is 0 Å². The van der Waals surface area contributed by atoms with Crippen molar-refractivity contribution in [1.82, 2.24) is 16.0 Å². The van der Waals surface area contributed by atoms with Crippen molar-refractivity contribution in [3.8, 4) is 5.75 Å². The average Bonchev–Trinajstić information content (AvgIpc) is 2.81. The molecule has 2 aromatic carbocycles. The Morgan fingerprint density at radius 1 is 0.973 bits per heavy atom. The maximum atomic E-state index is 13.2. The van der Waals surface area contributed by atoms with E-state index in [0.717, 1.165) is 29.5 Å². The van der Waals surface area contributed by atoms with Gasteiger partial charge in [0.1, 0.15) is 23.4 Å². The van der Waals surface area contributed by atoms with Gasteiger partial charge < -0.3 is 25.8 Å². The first-order chi connectivity index (χ1) is 17.3. The second-order valence-corrected chi connectivity index (χ2v) is 10.5. The second kappa shape index (κ2) is 13.1. The van der Waals surface area contributed by atoms with E-state index in [1.807, 2.05) is 44.2 Å². The van der Waals surface area contributed by atoms with E-state index >= 15 is 0 Å². The quantitative estimate of drug-likeness (QED) is 0.360. The van der Waals surface area contributed by atoms with Gasteiger partial charge in [0.2, 0.25) is 11.8 Å². The maximum absolute atomic E-state index is 13.2. The molecule has 2 atom stereocenters. The molecule has 2 aromatic rings. The molecule has 0 aromatic heterocycles. The predicted octanol–water partition coefficient (Wildman–Crippen LogP) is 4.01. The van der Waals surface area contributed by atoms with Gasteiger partial charge in [0.05, 0.1) is 0 Å². The normalized spacial score (nSPS) is 12.8. The van der Waals surface area contributed by atoms with Crippen LogP contribution in [0.15, 0.2) is 36.4 Å². The van der Waals surface area contributed by atoms with Gasteiger partial charge in [-0.1, -0.05) is 30.3 Å². The third-order valence-corrected chi connectivity index (χ3v) is 6.18. The summed E-state index contributed by atoms with van der Waals surface area (Å²) in [6.07, 6.45) is 1.07. The van der Waals surface area contributed by atoms with E-state index in [4.69, 9.17) is 4.74 Å². The summed E-state index contributed by atoms with van der Waals surface area (Å²) < 4.78 is 5.36. The van der Waals surface area contributed by atoms with Crippen molar-refractivity contribution >= 4 is 17.9 Å². The zero-order valence-corrected chi connectivity index (χ0v) is 23.0. The minimum Gasteiger partial charge on any atom is -0.508 e. The number of nitrogens with one attached hydrogen (secondary N) is 3. The summed E-state index contributed by atoms with van der Waals surface area (Å²) in [5.74, 6) is -0.620. The monoisotopic (exact) mass is 511 g/mol. The number of rotatable bonds is 10. The standard InChI is InChI=1S/C29H41N3O5/c1-18-16-25(33)20(3)19(2)23(18)17-24(32-28(36)37-29(5,6)7)27(35)31-21(4)26(34)30-15-11-14-22-12-9-8-10-13-22/h8-10,12-13,16,21,24,33H,11,14-15,17H2,1-7H3,(H,30,34)(H,31,35)(H,32,36)/t21-,24?/m1/s1. The number of carbonyl (C=O) groups excluding carboxylic acids is 3. The molecule has 8 heteroatoms. The molecule has 0 fully saturated rings. The average molecular weight is 512 g/mol. The van der Waals surface area contributed by atoms with Crippen LogP contribution in [0.4, 0.5) is 4.79 Å². The summed E-state index contributed by atoms with van der Waals surface area (Å²) in [4.78, 5) is 38.4. The van der Waals surface area contributed by atoms with Crippen LogP contribution in [-0.2, 0) is 27.2 Å². The molecule has 0 saturated carbocycles. The van der Waals surface area contributed by atoms with Crippen LogP contribution >= 0.6 is 0 Å². The number of phenols is 1. The molecule has 0 aliphatic carbocycles. The number of alkyl carbamates (subject to hydrolysis) is 1. The fourth-order valence-corrected chi connectivity index (χ4v) is 3.97. The van der Waals surface area contributed by atoms with Gasteiger partial charge in [0.15, 0.2) is 0 Å². The van der Waals surface area contributed by atoms with E-state index in [-0.39, 0.29) is 18.1 Å². The van der Waals surface area contributed by atoms with Gasteiger partial charge in [-0.05, 0) is 95.2 Å². The molecule has 0 saturated heterocycles. The number of benzene rings is 2. The first-order valence-corrected chi connectivity index (χ1v) is 12.7. The largest absolute Gasteiger partial charge is 0.508 e. The van der Waals surface area contributed by atoms with Gasteiger partial charge in [-0.25, -0.2) is 4.79 Å². The van der Waals surface area contributed by atoms with Crippen LogP contribution in [0.25, 0.3) is 0 Å². The summed E-state index contributed by atoms with van der Waals surface area (Å²) in [5, 5.41) is 18.4. The molecule has 2 rings (SSSR count). The van der Waals surface area contributed by atoms with E-state index in [1.165, 1.54) is 5.56 Å². The molecular formula is C29H41N3O5. The van der Waals surface area contributed by atoms with Crippen molar-refractivity contribution in [2.24, 2.45) is 0 Å². The molecule has 4 N–H and O–H groups in total. The molecule has 202 valence electrons. The number of hydrogen-bond donors (Lipinski definition) is 4. The Hall–Kier alpha value is -3.55. The molecule has 0 heterocycles. The fourth-order valence-electron chi connectivity index (χ4n) is 3.97. The van der Waals surface area contributed by atoms with Crippen molar-refractivity contribution < 1.29 is 24.2 Å². The number of phenolic OH excluding ortho intramolecular Hbond substituents is 1. The smallest absolute Gasteiger partial charge is 0.408 e. The first kappa shape index (κ1) is 29.7. The lowest BCUT2D eigenvalue weighted by Gasteiger charge is -2.25. The highest BCUT2D eigenvalue weighted by Crippen LogP contribution is 2.27. The van der Waals surface area contributed by atoms with Crippen molar-refractivity contribution in [3.63, 3.8) is 0 Å². The number of carbonyl (C=O) groups is 3. The Morgan fingerprint density at radius 3 is 2.24 bits per heavy atom. The predicted molar refractivity (Wildman–Crippen MR) is 145 cm³/mol. The van der Waals surface area contributed by atoms with Gasteiger partial charge in [0, 0.05) is 13.0 Å². The second-order valence-electron chi connectivity index (χ2n) is 10.5. The summed E-state index contributed by atoms with van der Waals surface area (Å²) >= 11 is 0. The van der Waals surface area contributed by atoms with Crippen molar-refractivity contribution in [3.05, 3.63) is 64.2 Å². The van der Waals surface area contributed by atoms with Crippen LogP contribution in [-0.4, -0.2) is 47.2 Å². The van der Waals surface area contributed by atoms with Crippen molar-refractivity contribution in [1.29, 1.82) is 0 Å². The van der Waals surface area contributed by atoms with Crippen LogP contribution in [0.3, 0.4) is 0 Å². The molecule has 0 aliphatic rings.